The second-order valence-corrected chi connectivity index (χ2v) is 4.77. The first-order chi connectivity index (χ1) is 9.89. The van der Waals surface area contributed by atoms with Crippen LogP contribution in [0.25, 0.3) is 0 Å². The van der Waals surface area contributed by atoms with E-state index in [4.69, 9.17) is 0 Å². The van der Waals surface area contributed by atoms with E-state index in [0.29, 0.717) is 5.56 Å². The molecule has 8 heteroatoms. The van der Waals surface area contributed by atoms with Gasteiger partial charge in [0, 0.05) is 12.1 Å². The average molecular weight is 291 g/mol. The molecule has 110 valence electrons. The van der Waals surface area contributed by atoms with Gasteiger partial charge in [0.1, 0.15) is 5.41 Å². The smallest absolute Gasteiger partial charge is 0.277 e. The number of carbonyl (C=O) groups is 3. The van der Waals surface area contributed by atoms with Gasteiger partial charge in [0.2, 0.25) is 11.8 Å². The zero-order valence-electron chi connectivity index (χ0n) is 11.2. The van der Waals surface area contributed by atoms with Crippen LogP contribution in [0, 0.1) is 15.5 Å². The fraction of sp³-hybridized carbons (Fsp3) is 0.308. The first kappa shape index (κ1) is 14.6. The summed E-state index contributed by atoms with van der Waals surface area (Å²) < 4.78 is 0. The molecule has 1 aromatic carbocycles. The van der Waals surface area contributed by atoms with Gasteiger partial charge in [-0.1, -0.05) is 19.1 Å². The lowest BCUT2D eigenvalue weighted by Gasteiger charge is -2.33. The third kappa shape index (κ3) is 2.60. The molecule has 1 saturated heterocycles. The number of urea groups is 1. The van der Waals surface area contributed by atoms with Crippen LogP contribution < -0.4 is 10.6 Å². The number of carbonyl (C=O) groups excluding carboxylic acids is 3. The number of rotatable bonds is 4. The molecule has 1 aliphatic heterocycles. The van der Waals surface area contributed by atoms with E-state index in [1.165, 1.54) is 24.3 Å². The molecule has 21 heavy (non-hydrogen) atoms. The Bertz CT molecular complexity index is 603. The van der Waals surface area contributed by atoms with Gasteiger partial charge >= 0.3 is 6.03 Å². The van der Waals surface area contributed by atoms with Crippen molar-refractivity contribution >= 4 is 23.5 Å². The molecule has 0 atom stereocenters. The SMILES string of the molecule is CCC1(Cc2ccc([N+](=O)[O-])cc2)C(=O)NC(=O)NC1=O. The van der Waals surface area contributed by atoms with Gasteiger partial charge in [-0.05, 0) is 18.4 Å². The number of benzene rings is 1. The van der Waals surface area contributed by atoms with Crippen molar-refractivity contribution in [1.82, 2.24) is 10.6 Å². The summed E-state index contributed by atoms with van der Waals surface area (Å²) in [6, 6.07) is 4.77. The van der Waals surface area contributed by atoms with Crippen molar-refractivity contribution in [1.29, 1.82) is 0 Å². The molecule has 0 spiro atoms. The minimum absolute atomic E-state index is 0.0619. The third-order valence-corrected chi connectivity index (χ3v) is 3.58. The van der Waals surface area contributed by atoms with Crippen LogP contribution in [0.4, 0.5) is 10.5 Å². The minimum atomic E-state index is -1.38. The van der Waals surface area contributed by atoms with E-state index in [9.17, 15) is 24.5 Å². The number of non-ortho nitro benzene ring substituents is 1. The first-order valence-electron chi connectivity index (χ1n) is 6.29. The molecule has 2 rings (SSSR count). The highest BCUT2D eigenvalue weighted by Crippen LogP contribution is 2.30. The molecule has 1 heterocycles. The van der Waals surface area contributed by atoms with Gasteiger partial charge in [-0.3, -0.25) is 30.3 Å². The van der Waals surface area contributed by atoms with Crippen LogP contribution in [-0.4, -0.2) is 22.8 Å². The zero-order chi connectivity index (χ0) is 15.6. The largest absolute Gasteiger partial charge is 0.328 e. The highest BCUT2D eigenvalue weighted by Gasteiger charge is 2.48. The molecule has 0 aromatic heterocycles. The lowest BCUT2D eigenvalue weighted by Crippen LogP contribution is -2.63. The van der Waals surface area contributed by atoms with E-state index in [2.05, 4.69) is 10.6 Å². The topological polar surface area (TPSA) is 118 Å². The number of nitro benzene ring substituents is 1. The standard InChI is InChI=1S/C13H13N3O5/c1-2-13(10(17)14-12(19)15-11(13)18)7-8-3-5-9(6-4-8)16(20)21/h3-6H,2,7H2,1H3,(H2,14,15,17,18,19). The normalized spacial score (nSPS) is 17.1. The number of hydrogen-bond donors (Lipinski definition) is 2. The molecule has 0 aliphatic carbocycles. The second-order valence-electron chi connectivity index (χ2n) is 4.77. The van der Waals surface area contributed by atoms with E-state index in [-0.39, 0.29) is 18.5 Å². The fourth-order valence-corrected chi connectivity index (χ4v) is 2.27. The molecular weight excluding hydrogens is 278 g/mol. The number of hydrogen-bond acceptors (Lipinski definition) is 5. The molecule has 1 aliphatic rings. The van der Waals surface area contributed by atoms with E-state index in [1.807, 2.05) is 0 Å². The summed E-state index contributed by atoms with van der Waals surface area (Å²) >= 11 is 0. The van der Waals surface area contributed by atoms with Crippen LogP contribution >= 0.6 is 0 Å². The third-order valence-electron chi connectivity index (χ3n) is 3.58. The Labute approximate surface area is 119 Å². The summed E-state index contributed by atoms with van der Waals surface area (Å²) in [5.74, 6) is -1.31. The number of nitro groups is 1. The maximum absolute atomic E-state index is 12.0. The van der Waals surface area contributed by atoms with Crippen molar-refractivity contribution in [2.75, 3.05) is 0 Å². The van der Waals surface area contributed by atoms with E-state index in [0.717, 1.165) is 0 Å². The fourth-order valence-electron chi connectivity index (χ4n) is 2.27. The van der Waals surface area contributed by atoms with Crippen LogP contribution in [0.5, 0.6) is 0 Å². The zero-order valence-corrected chi connectivity index (χ0v) is 11.2. The minimum Gasteiger partial charge on any atom is -0.277 e. The number of imide groups is 2. The summed E-state index contributed by atoms with van der Waals surface area (Å²) in [6.45, 7) is 1.67. The van der Waals surface area contributed by atoms with E-state index < -0.39 is 28.2 Å². The van der Waals surface area contributed by atoms with Gasteiger partial charge in [0.15, 0.2) is 0 Å². The number of nitrogens with zero attached hydrogens (tertiary/aromatic N) is 1. The lowest BCUT2D eigenvalue weighted by molar-refractivity contribution is -0.384. The molecule has 0 radical (unpaired) electrons. The Kier molecular flexibility index (Phi) is 3.70. The Morgan fingerprint density at radius 2 is 1.62 bits per heavy atom. The maximum atomic E-state index is 12.0. The first-order valence-corrected chi connectivity index (χ1v) is 6.29. The van der Waals surface area contributed by atoms with Crippen molar-refractivity contribution in [2.24, 2.45) is 5.41 Å². The van der Waals surface area contributed by atoms with Crippen molar-refractivity contribution in [3.8, 4) is 0 Å². The lowest BCUT2D eigenvalue weighted by atomic mass is 9.76. The van der Waals surface area contributed by atoms with E-state index in [1.54, 1.807) is 6.92 Å². The maximum Gasteiger partial charge on any atom is 0.328 e. The predicted octanol–water partition coefficient (Wildman–Crippen LogP) is 0.900. The van der Waals surface area contributed by atoms with Crippen LogP contribution in [0.2, 0.25) is 0 Å². The highest BCUT2D eigenvalue weighted by atomic mass is 16.6. The van der Waals surface area contributed by atoms with Crippen molar-refractivity contribution < 1.29 is 19.3 Å². The quantitative estimate of drug-likeness (QED) is 0.485. The molecular formula is C13H13N3O5. The summed E-state index contributed by atoms with van der Waals surface area (Å²) in [6.07, 6.45) is 0.265. The summed E-state index contributed by atoms with van der Waals surface area (Å²) in [5, 5.41) is 14.8. The molecule has 0 unspecified atom stereocenters. The van der Waals surface area contributed by atoms with Crippen molar-refractivity contribution in [3.05, 3.63) is 39.9 Å². The molecule has 1 aromatic rings. The van der Waals surface area contributed by atoms with Crippen LogP contribution in [0.1, 0.15) is 18.9 Å². The number of nitrogens with one attached hydrogen (secondary N) is 2. The number of barbiturate groups is 1. The Morgan fingerprint density at radius 1 is 1.10 bits per heavy atom. The van der Waals surface area contributed by atoms with Gasteiger partial charge in [-0.25, -0.2) is 4.79 Å². The molecule has 4 amide bonds. The van der Waals surface area contributed by atoms with Crippen LogP contribution in [0.15, 0.2) is 24.3 Å². The van der Waals surface area contributed by atoms with Crippen LogP contribution in [0.3, 0.4) is 0 Å². The van der Waals surface area contributed by atoms with Gasteiger partial charge in [0.05, 0.1) is 4.92 Å². The van der Waals surface area contributed by atoms with Gasteiger partial charge < -0.3 is 0 Å². The van der Waals surface area contributed by atoms with Gasteiger partial charge in [-0.15, -0.1) is 0 Å². The Hall–Kier alpha value is -2.77. The molecule has 1 fully saturated rings. The number of amides is 4. The molecule has 2 N–H and O–H groups in total. The van der Waals surface area contributed by atoms with Gasteiger partial charge in [0.25, 0.3) is 5.69 Å². The molecule has 8 nitrogen and oxygen atoms in total. The second kappa shape index (κ2) is 5.31. The Balaban J connectivity index is 2.29. The van der Waals surface area contributed by atoms with Crippen molar-refractivity contribution in [3.63, 3.8) is 0 Å². The highest BCUT2D eigenvalue weighted by molar-refractivity contribution is 6.19. The average Bonchev–Trinajstić information content (AvgIpc) is 2.43. The predicted molar refractivity (Wildman–Crippen MR) is 71.2 cm³/mol. The van der Waals surface area contributed by atoms with Crippen molar-refractivity contribution in [2.45, 2.75) is 19.8 Å². The summed E-state index contributed by atoms with van der Waals surface area (Å²) in [7, 11) is 0. The van der Waals surface area contributed by atoms with Gasteiger partial charge in [-0.2, -0.15) is 0 Å². The summed E-state index contributed by atoms with van der Waals surface area (Å²) in [4.78, 5) is 45.3. The molecule has 0 bridgehead atoms. The van der Waals surface area contributed by atoms with Crippen LogP contribution in [-0.2, 0) is 16.0 Å². The monoisotopic (exact) mass is 291 g/mol. The van der Waals surface area contributed by atoms with E-state index >= 15 is 0 Å². The Morgan fingerprint density at radius 3 is 2.05 bits per heavy atom. The molecule has 0 saturated carbocycles. The summed E-state index contributed by atoms with van der Waals surface area (Å²) in [5.41, 5.74) is -0.858.